The summed E-state index contributed by atoms with van der Waals surface area (Å²) >= 11 is 0. The first kappa shape index (κ1) is 82.8. The van der Waals surface area contributed by atoms with E-state index in [1.807, 2.05) is 141 Å². The van der Waals surface area contributed by atoms with Crippen LogP contribution in [0.1, 0.15) is 179 Å². The van der Waals surface area contributed by atoms with Gasteiger partial charge in [0.1, 0.15) is 51.7 Å². The molecule has 12 aromatic rings. The number of aromatic carboxylic acids is 2. The molecular weight excluding hydrogens is 1450 g/mol. The maximum atomic E-state index is 13.5. The molecule has 0 bridgehead atoms. The number of halogens is 1. The van der Waals surface area contributed by atoms with E-state index in [0.29, 0.717) is 98.3 Å². The molecule has 112 heavy (non-hydrogen) atoms. The molecule has 8 aromatic heterocycles. The predicted octanol–water partition coefficient (Wildman–Crippen LogP) is 9.69. The van der Waals surface area contributed by atoms with Crippen LogP contribution in [0.5, 0.6) is 17.2 Å². The molecule has 33 heteroatoms. The van der Waals surface area contributed by atoms with Crippen LogP contribution in [-0.2, 0) is 0 Å². The maximum absolute atomic E-state index is 13.5. The van der Waals surface area contributed by atoms with Gasteiger partial charge in [0.15, 0.2) is 0 Å². The molecule has 0 unspecified atom stereocenters. The number of methoxy groups -OCH3 is 3. The van der Waals surface area contributed by atoms with Crippen molar-refractivity contribution in [1.29, 1.82) is 0 Å². The Labute approximate surface area is 667 Å². The number of aromatic nitrogens is 18. The topological polar surface area (TPSA) is 388 Å². The fourth-order valence-corrected chi connectivity index (χ4v) is 12.3. The minimum atomic E-state index is -1.26. The number of hydrogen-bond donors (Lipinski definition) is 5. The van der Waals surface area contributed by atoms with Gasteiger partial charge in [0.05, 0.1) is 99.1 Å². The number of pyridine rings is 2. The third-order valence-electron chi connectivity index (χ3n) is 18.6. The van der Waals surface area contributed by atoms with Gasteiger partial charge in [-0.15, -0.1) is 10.2 Å². The van der Waals surface area contributed by atoms with Gasteiger partial charge in [0, 0.05) is 54.2 Å². The molecule has 4 saturated carbocycles. The summed E-state index contributed by atoms with van der Waals surface area (Å²) in [6.45, 7) is 15.6. The number of anilines is 2. The molecule has 5 N–H and O–H groups in total. The van der Waals surface area contributed by atoms with Crippen LogP contribution < -0.4 is 59.5 Å². The van der Waals surface area contributed by atoms with Crippen molar-refractivity contribution in [3.05, 3.63) is 185 Å². The van der Waals surface area contributed by atoms with Crippen molar-refractivity contribution >= 4 is 35.4 Å². The van der Waals surface area contributed by atoms with Gasteiger partial charge in [-0.3, -0.25) is 28.3 Å². The Bertz CT molecular complexity index is 5110. The van der Waals surface area contributed by atoms with Crippen LogP contribution in [0.2, 0.25) is 0 Å². The molecule has 2 amide bonds. The summed E-state index contributed by atoms with van der Waals surface area (Å²) in [5.74, 6) is -0.355. The second-order valence-electron chi connectivity index (χ2n) is 27.4. The number of tetrazole rings is 2. The zero-order chi connectivity index (χ0) is 79.5. The molecule has 4 aliphatic carbocycles. The number of hydrogen-bond acceptors (Lipinski definition) is 21. The molecule has 0 saturated heterocycles. The summed E-state index contributed by atoms with van der Waals surface area (Å²) in [5, 5.41) is 80.6. The first-order chi connectivity index (χ1) is 53.5. The predicted molar refractivity (Wildman–Crippen MR) is 409 cm³/mol. The van der Waals surface area contributed by atoms with Crippen LogP contribution >= 0.6 is 0 Å². The summed E-state index contributed by atoms with van der Waals surface area (Å²) in [6, 6.07) is 26.3. The number of carbonyl (C=O) groups excluding carboxylic acids is 2. The van der Waals surface area contributed by atoms with Crippen molar-refractivity contribution in [3.8, 4) is 84.8 Å². The van der Waals surface area contributed by atoms with Crippen LogP contribution in [0.25, 0.3) is 67.5 Å². The van der Waals surface area contributed by atoms with Gasteiger partial charge in [-0.05, 0) is 245 Å². The Kier molecular flexibility index (Phi) is 27.3. The van der Waals surface area contributed by atoms with Gasteiger partial charge in [0.25, 0.3) is 11.8 Å². The molecule has 0 spiro atoms. The van der Waals surface area contributed by atoms with Gasteiger partial charge >= 0.3 is 41.5 Å². The molecule has 4 aliphatic rings. The minimum Gasteiger partial charge on any atom is -0.857 e. The van der Waals surface area contributed by atoms with Crippen molar-refractivity contribution in [1.82, 2.24) is 89.5 Å². The molecule has 8 heterocycles. The molecule has 4 aromatic carbocycles. The quantitative estimate of drug-likeness (QED) is 0.0418. The van der Waals surface area contributed by atoms with E-state index in [2.05, 4.69) is 72.0 Å². The van der Waals surface area contributed by atoms with Crippen molar-refractivity contribution in [2.75, 3.05) is 46.2 Å². The van der Waals surface area contributed by atoms with E-state index in [-0.39, 0.29) is 64.6 Å². The first-order valence-electron chi connectivity index (χ1n) is 36.0. The molecule has 578 valence electrons. The van der Waals surface area contributed by atoms with Crippen LogP contribution in [0, 0.1) is 33.5 Å². The van der Waals surface area contributed by atoms with E-state index in [9.17, 15) is 28.7 Å². The summed E-state index contributed by atoms with van der Waals surface area (Å²) in [5.41, 5.74) is 12.7. The van der Waals surface area contributed by atoms with Crippen LogP contribution in [0.3, 0.4) is 0 Å². The number of rotatable bonds is 21. The number of nitrogens with zero attached hydrogens (tertiary/aromatic N) is 18. The molecule has 0 aliphatic heterocycles. The number of aliphatic hydroxyl groups is 1. The molecule has 31 nitrogen and oxygen atoms in total. The van der Waals surface area contributed by atoms with Crippen LogP contribution in [0.4, 0.5) is 16.0 Å². The normalized spacial score (nSPS) is 13.2. The number of carboxylic acid groups (broad SMARTS) is 2. The Hall–Kier alpha value is -11.7. The fourth-order valence-electron chi connectivity index (χ4n) is 12.3. The summed E-state index contributed by atoms with van der Waals surface area (Å²) in [4.78, 5) is 58.0. The van der Waals surface area contributed by atoms with Gasteiger partial charge in [-0.2, -0.15) is 27.5 Å². The molecule has 0 radical (unpaired) electrons. The minimum absolute atomic E-state index is 0. The van der Waals surface area contributed by atoms with Gasteiger partial charge in [0.2, 0.25) is 11.6 Å². The van der Waals surface area contributed by atoms with Gasteiger partial charge in [-0.25, -0.2) is 33.3 Å². The third kappa shape index (κ3) is 19.5. The third-order valence-corrected chi connectivity index (χ3v) is 18.6. The molecule has 0 atom stereocenters. The summed E-state index contributed by atoms with van der Waals surface area (Å²) < 4.78 is 40.9. The maximum Gasteiger partial charge on any atom is 1.00 e. The number of aliphatic hydroxyl groups excluding tert-OH is 1. The second kappa shape index (κ2) is 36.9. The van der Waals surface area contributed by atoms with Gasteiger partial charge < -0.3 is 45.3 Å². The van der Waals surface area contributed by atoms with Gasteiger partial charge in [-0.1, -0.05) is 12.1 Å². The average molecular weight is 1540 g/mol. The molecule has 4 fully saturated rings. The number of nitrogens with one attached hydrogen (secondary N) is 2. The van der Waals surface area contributed by atoms with E-state index in [4.69, 9.17) is 29.5 Å². The van der Waals surface area contributed by atoms with Crippen molar-refractivity contribution < 1.29 is 87.8 Å². The van der Waals surface area contributed by atoms with E-state index in [0.717, 1.165) is 108 Å². The summed E-state index contributed by atoms with van der Waals surface area (Å²) in [6.07, 6.45) is 24.4. The van der Waals surface area contributed by atoms with Crippen LogP contribution in [-0.4, -0.2) is 164 Å². The Morgan fingerprint density at radius 3 is 1.05 bits per heavy atom. The van der Waals surface area contributed by atoms with Crippen LogP contribution in [0.15, 0.2) is 135 Å². The van der Waals surface area contributed by atoms with E-state index in [1.165, 1.54) is 32.1 Å². The number of ether oxygens (including phenoxy) is 3. The van der Waals surface area contributed by atoms with E-state index in [1.54, 1.807) is 79.3 Å². The van der Waals surface area contributed by atoms with Crippen molar-refractivity contribution in [2.24, 2.45) is 0 Å². The standard InChI is InChI=1S/2C24H26N8O2.C15H16N2O3.C14H13FN2O2.CH4O.CH3O.Na/c2*1-14(2)32-23(28-29-30-32)20-6-5-7-22(26-20)27-24(33)19-11-18(15(3)10-21(19)34-4)16-12-25-31(13-16)17-8-9-17;1-9-5-14(20-2)13(15(18)19)6-12(9)10-7-16-17(8-10)11-3-4-11;1-8-4-13(15)12(14(18)19)5-11(8)9-6-16-17(7-9)10-2-3-10;2*1-2;/h2*5-7,10-14,17H,8-9H2,1-4H3,(H,26,27,33);5-8,11H,3-4H2,1-2H3,(H,18,19);4-7,10H,2-3H2,1H3,(H,18,19);2H,1H3;1H3;/q;;;;;-1;+1. The SMILES string of the molecule is CO.COc1cc(C)c(-c2cnn(C3CC3)c2)cc1C(=O)Nc1cccc(-c2nnnn2C(C)C)n1.COc1cc(C)c(-c2cnn(C3CC3)c2)cc1C(=O)Nc1cccc(-c2nnnn2C(C)C)n1.COc1cc(C)c(-c2cnn(C3CC3)c2)cc1C(=O)O.C[O-].Cc1cc(F)c(C(=O)O)cc1-c1cnn(C2CC2)c1.[Na+]. The molecule has 16 rings (SSSR count). The van der Waals surface area contributed by atoms with Crippen molar-refractivity contribution in [3.63, 3.8) is 0 Å². The Morgan fingerprint density at radius 1 is 0.464 bits per heavy atom. The molecular formula is C79H88FN20NaO11. The second-order valence-corrected chi connectivity index (χ2v) is 27.4. The number of carbonyl (C=O) groups is 4. The summed E-state index contributed by atoms with van der Waals surface area (Å²) in [7, 11) is 6.34. The Balaban J connectivity index is 0.000000160. The number of carboxylic acids is 2. The smallest absolute Gasteiger partial charge is 0.857 e. The average Bonchev–Trinajstić information content (AvgIpc) is 1.73. The van der Waals surface area contributed by atoms with E-state index < -0.39 is 17.8 Å². The Morgan fingerprint density at radius 2 is 0.759 bits per heavy atom. The largest absolute Gasteiger partial charge is 1.00 e. The fraction of sp³-hybridized carbons (Fsp3) is 0.342. The number of benzene rings is 4. The monoisotopic (exact) mass is 1530 g/mol. The number of amides is 2. The zero-order valence-corrected chi connectivity index (χ0v) is 66.9. The first-order valence-corrected chi connectivity index (χ1v) is 36.0. The number of aryl methyl sites for hydroxylation is 4. The van der Waals surface area contributed by atoms with Crippen molar-refractivity contribution in [2.45, 2.75) is 143 Å². The zero-order valence-electron chi connectivity index (χ0n) is 64.9. The van der Waals surface area contributed by atoms with E-state index >= 15 is 0 Å².